The Labute approximate surface area is 267 Å². The van der Waals surface area contributed by atoms with E-state index >= 15 is 0 Å². The molecule has 0 aliphatic carbocycles. The number of allylic oxidation sites excluding steroid dienone is 2. The summed E-state index contributed by atoms with van der Waals surface area (Å²) in [6.45, 7) is 19.3. The number of aliphatic imine (C=N–C) groups is 1. The van der Waals surface area contributed by atoms with Gasteiger partial charge in [0, 0.05) is 36.8 Å². The number of halogens is 1. The highest BCUT2D eigenvalue weighted by Gasteiger charge is 2.24. The quantitative estimate of drug-likeness (QED) is 0.251. The summed E-state index contributed by atoms with van der Waals surface area (Å²) in [5.41, 5.74) is 5.86. The number of hydrogen-bond acceptors (Lipinski definition) is 5. The lowest BCUT2D eigenvalue weighted by Crippen LogP contribution is -2.35. The smallest absolute Gasteiger partial charge is 0.123 e. The van der Waals surface area contributed by atoms with Gasteiger partial charge in [0.1, 0.15) is 11.6 Å². The van der Waals surface area contributed by atoms with Crippen LogP contribution in [-0.4, -0.2) is 42.9 Å². The van der Waals surface area contributed by atoms with Crippen LogP contribution in [0.4, 0.5) is 4.39 Å². The lowest BCUT2D eigenvalue weighted by molar-refractivity contribution is 0.0748. The van der Waals surface area contributed by atoms with Crippen molar-refractivity contribution in [1.82, 2.24) is 9.88 Å². The molecule has 5 nitrogen and oxygen atoms in total. The molecule has 3 aromatic rings. The van der Waals surface area contributed by atoms with E-state index in [0.29, 0.717) is 13.2 Å². The van der Waals surface area contributed by atoms with Crippen molar-refractivity contribution in [2.45, 2.75) is 87.8 Å². The molecular weight excluding hydrogens is 549 g/mol. The van der Waals surface area contributed by atoms with Crippen LogP contribution in [0.25, 0.3) is 11.4 Å². The second kappa shape index (κ2) is 24.6. The predicted octanol–water partition coefficient (Wildman–Crippen LogP) is 10.5. The predicted molar refractivity (Wildman–Crippen MR) is 189 cm³/mol. The van der Waals surface area contributed by atoms with Gasteiger partial charge in [0.05, 0.1) is 37.8 Å². The minimum atomic E-state index is -0.284. The van der Waals surface area contributed by atoms with E-state index in [1.165, 1.54) is 17.7 Å². The van der Waals surface area contributed by atoms with Gasteiger partial charge in [0.2, 0.25) is 0 Å². The lowest BCUT2D eigenvalue weighted by Gasteiger charge is -2.34. The van der Waals surface area contributed by atoms with Gasteiger partial charge in [-0.25, -0.2) is 4.39 Å². The van der Waals surface area contributed by atoms with Gasteiger partial charge in [-0.05, 0) is 75.6 Å². The molecule has 4 rings (SSSR count). The Morgan fingerprint density at radius 2 is 1.55 bits per heavy atom. The van der Waals surface area contributed by atoms with E-state index in [-0.39, 0.29) is 11.9 Å². The van der Waals surface area contributed by atoms with Crippen LogP contribution in [0, 0.1) is 5.82 Å². The third-order valence-electron chi connectivity index (χ3n) is 6.34. The molecule has 0 bridgehead atoms. The highest BCUT2D eigenvalue weighted by Crippen LogP contribution is 2.33. The molecule has 0 saturated heterocycles. The number of benzene rings is 2. The van der Waals surface area contributed by atoms with Crippen LogP contribution in [0.15, 0.2) is 89.7 Å². The topological polar surface area (TPSA) is 47.0 Å². The van der Waals surface area contributed by atoms with Crippen LogP contribution >= 0.6 is 0 Å². The molecule has 0 radical (unpaired) electrons. The first-order chi connectivity index (χ1) is 21.4. The standard InChI is InChI=1S/C27H28FN3O2.C5H10.3C2H6/c1-31-24(19-33-18-20-8-10-25(32-2)11-9-20)7-4-14-30-26(22-5-3-6-23(28)17-22)27(31)21-12-15-29-16-13-21;1-4-5(2)3;3*1-2/h3,5-6,8-17,24H,4,7,18-19H2,1-2H3;4H,1-3H3;3*1-2H3/b27-26-,30-14?;;;;/t24-;;;;/m0..../s1. The summed E-state index contributed by atoms with van der Waals surface area (Å²) in [7, 11) is 3.71. The highest BCUT2D eigenvalue weighted by molar-refractivity contribution is 5.92. The molecular formula is C38H56FN3O2. The molecule has 1 aliphatic rings. The Bertz CT molecular complexity index is 1230. The fourth-order valence-electron chi connectivity index (χ4n) is 3.95. The number of likely N-dealkylation sites (N-methyl/N-ethyl adjacent to an activating group) is 1. The van der Waals surface area contributed by atoms with Crippen molar-refractivity contribution in [2.75, 3.05) is 20.8 Å². The van der Waals surface area contributed by atoms with Crippen molar-refractivity contribution in [3.05, 3.63) is 107 Å². The number of methoxy groups -OCH3 is 1. The SMILES string of the molecule is CC.CC.CC.CC=C(C)C.COc1ccc(COC[C@@H]2CCC=N/C(c3cccc(F)c3)=C(/c3ccncc3)N2C)cc1. The molecule has 1 aliphatic heterocycles. The van der Waals surface area contributed by atoms with Gasteiger partial charge in [-0.3, -0.25) is 9.98 Å². The van der Waals surface area contributed by atoms with Crippen molar-refractivity contribution in [1.29, 1.82) is 0 Å². The Hall–Kier alpha value is -3.77. The third-order valence-corrected chi connectivity index (χ3v) is 6.34. The van der Waals surface area contributed by atoms with Gasteiger partial charge in [-0.1, -0.05) is 77.5 Å². The summed E-state index contributed by atoms with van der Waals surface area (Å²) in [5.74, 6) is 0.545. The minimum Gasteiger partial charge on any atom is -0.497 e. The van der Waals surface area contributed by atoms with Crippen LogP contribution in [0.1, 0.15) is 91.8 Å². The number of nitrogens with zero attached hydrogens (tertiary/aromatic N) is 3. The summed E-state index contributed by atoms with van der Waals surface area (Å²) in [4.78, 5) is 11.1. The zero-order chi connectivity index (χ0) is 33.3. The molecule has 0 fully saturated rings. The summed E-state index contributed by atoms with van der Waals surface area (Å²) in [6.07, 6.45) is 9.23. The van der Waals surface area contributed by atoms with Crippen molar-refractivity contribution >= 4 is 17.6 Å². The Balaban J connectivity index is 0.00000148. The van der Waals surface area contributed by atoms with Crippen LogP contribution in [0.5, 0.6) is 5.75 Å². The summed E-state index contributed by atoms with van der Waals surface area (Å²) < 4.78 is 25.4. The Kier molecular flexibility index (Phi) is 22.5. The summed E-state index contributed by atoms with van der Waals surface area (Å²) >= 11 is 0. The van der Waals surface area contributed by atoms with Gasteiger partial charge in [-0.15, -0.1) is 0 Å². The molecule has 0 saturated carbocycles. The number of pyridine rings is 1. The maximum absolute atomic E-state index is 14.1. The van der Waals surface area contributed by atoms with Crippen LogP contribution in [0.2, 0.25) is 0 Å². The van der Waals surface area contributed by atoms with E-state index in [0.717, 1.165) is 46.7 Å². The van der Waals surface area contributed by atoms with Crippen molar-refractivity contribution < 1.29 is 13.9 Å². The summed E-state index contributed by atoms with van der Waals surface area (Å²) in [6, 6.07) is 18.5. The average molecular weight is 606 g/mol. The third kappa shape index (κ3) is 14.1. The number of rotatable bonds is 7. The molecule has 44 heavy (non-hydrogen) atoms. The van der Waals surface area contributed by atoms with Crippen molar-refractivity contribution in [3.63, 3.8) is 0 Å². The molecule has 6 heteroatoms. The maximum Gasteiger partial charge on any atom is 0.123 e. The maximum atomic E-state index is 14.1. The van der Waals surface area contributed by atoms with E-state index in [9.17, 15) is 4.39 Å². The zero-order valence-corrected chi connectivity index (χ0v) is 29.0. The first kappa shape index (κ1) is 40.2. The second-order valence-corrected chi connectivity index (χ2v) is 9.33. The van der Waals surface area contributed by atoms with Crippen LogP contribution in [-0.2, 0) is 11.3 Å². The van der Waals surface area contributed by atoms with Gasteiger partial charge >= 0.3 is 0 Å². The van der Waals surface area contributed by atoms with E-state index in [1.807, 2.05) is 97.1 Å². The average Bonchev–Trinajstić information content (AvgIpc) is 3.08. The van der Waals surface area contributed by atoms with Gasteiger partial charge < -0.3 is 14.4 Å². The molecule has 2 heterocycles. The second-order valence-electron chi connectivity index (χ2n) is 9.33. The zero-order valence-electron chi connectivity index (χ0n) is 29.0. The largest absolute Gasteiger partial charge is 0.497 e. The van der Waals surface area contributed by atoms with E-state index in [4.69, 9.17) is 14.5 Å². The van der Waals surface area contributed by atoms with Crippen LogP contribution < -0.4 is 4.74 Å². The van der Waals surface area contributed by atoms with Crippen molar-refractivity contribution in [2.24, 2.45) is 4.99 Å². The Morgan fingerprint density at radius 3 is 2.09 bits per heavy atom. The molecule has 0 amide bonds. The monoisotopic (exact) mass is 605 g/mol. The highest BCUT2D eigenvalue weighted by atomic mass is 19.1. The van der Waals surface area contributed by atoms with Crippen LogP contribution in [0.3, 0.4) is 0 Å². The fourth-order valence-corrected chi connectivity index (χ4v) is 3.95. The van der Waals surface area contributed by atoms with Crippen molar-refractivity contribution in [3.8, 4) is 5.75 Å². The molecule has 0 unspecified atom stereocenters. The number of aromatic nitrogens is 1. The van der Waals surface area contributed by atoms with Gasteiger partial charge in [0.15, 0.2) is 0 Å². The lowest BCUT2D eigenvalue weighted by atomic mass is 10.0. The molecule has 2 aromatic carbocycles. The van der Waals surface area contributed by atoms with E-state index < -0.39 is 0 Å². The number of ether oxygens (including phenoxy) is 2. The fraction of sp³-hybridized carbons (Fsp3) is 0.421. The minimum absolute atomic E-state index is 0.127. The van der Waals surface area contributed by atoms with Gasteiger partial charge in [0.25, 0.3) is 0 Å². The molecule has 1 aromatic heterocycles. The molecule has 242 valence electrons. The Morgan fingerprint density at radius 1 is 0.932 bits per heavy atom. The normalized spacial score (nSPS) is 15.2. The molecule has 0 N–H and O–H groups in total. The number of hydrogen-bond donors (Lipinski definition) is 0. The van der Waals surface area contributed by atoms with E-state index in [2.05, 4.69) is 36.9 Å². The molecule has 1 atom stereocenters. The van der Waals surface area contributed by atoms with Gasteiger partial charge in [-0.2, -0.15) is 0 Å². The first-order valence-corrected chi connectivity index (χ1v) is 15.9. The van der Waals surface area contributed by atoms with E-state index in [1.54, 1.807) is 25.6 Å². The summed E-state index contributed by atoms with van der Waals surface area (Å²) in [5, 5.41) is 0. The molecule has 0 spiro atoms. The first-order valence-electron chi connectivity index (χ1n) is 15.9.